The molecule has 0 aliphatic rings. The fourth-order valence-corrected chi connectivity index (χ4v) is 1.76. The summed E-state index contributed by atoms with van der Waals surface area (Å²) in [5.74, 6) is -0.148. The number of halogens is 7. The molecule has 0 saturated heterocycles. The van der Waals surface area contributed by atoms with Crippen molar-refractivity contribution in [2.45, 2.75) is 12.4 Å². The molecule has 0 amide bonds. The predicted molar refractivity (Wildman–Crippen MR) is 61.3 cm³/mol. The second-order valence-electron chi connectivity index (χ2n) is 3.63. The summed E-state index contributed by atoms with van der Waals surface area (Å²) in [4.78, 5) is 4.29. The van der Waals surface area contributed by atoms with E-state index in [2.05, 4.69) is 20.9 Å². The minimum atomic E-state index is -4.56. The van der Waals surface area contributed by atoms with Crippen LogP contribution in [-0.4, -0.2) is 29.6 Å². The van der Waals surface area contributed by atoms with E-state index < -0.39 is 24.5 Å². The molecule has 19 heavy (non-hydrogen) atoms. The molecule has 0 N–H and O–H groups in total. The largest absolute Gasteiger partial charge is 0.417 e. The van der Waals surface area contributed by atoms with Gasteiger partial charge in [0, 0.05) is 18.1 Å². The molecule has 0 bridgehead atoms. The predicted octanol–water partition coefficient (Wildman–Crippen LogP) is 3.86. The van der Waals surface area contributed by atoms with E-state index in [-0.39, 0.29) is 17.7 Å². The molecule has 0 atom stereocenters. The molecule has 0 aliphatic heterocycles. The molecule has 1 heterocycles. The van der Waals surface area contributed by atoms with Crippen LogP contribution in [0.4, 0.5) is 32.2 Å². The average Bonchev–Trinajstić information content (AvgIpc) is 2.26. The van der Waals surface area contributed by atoms with Crippen LogP contribution >= 0.6 is 15.9 Å². The molecule has 1 aromatic heterocycles. The Morgan fingerprint density at radius 2 is 1.74 bits per heavy atom. The highest BCUT2D eigenvalue weighted by Crippen LogP contribution is 2.29. The third-order valence-corrected chi connectivity index (χ3v) is 2.48. The van der Waals surface area contributed by atoms with Crippen LogP contribution in [0.15, 0.2) is 18.3 Å². The Balaban J connectivity index is 2.91. The van der Waals surface area contributed by atoms with Crippen LogP contribution in [0, 0.1) is 0 Å². The van der Waals surface area contributed by atoms with Gasteiger partial charge in [0.25, 0.3) is 0 Å². The van der Waals surface area contributed by atoms with Gasteiger partial charge in [0.15, 0.2) is 0 Å². The average molecular weight is 351 g/mol. The number of rotatable bonds is 4. The van der Waals surface area contributed by atoms with E-state index in [1.165, 1.54) is 0 Å². The molecule has 0 radical (unpaired) electrons. The Kier molecular flexibility index (Phi) is 5.05. The lowest BCUT2D eigenvalue weighted by Gasteiger charge is -2.24. The summed E-state index contributed by atoms with van der Waals surface area (Å²) in [6.07, 6.45) is -8.49. The monoisotopic (exact) mass is 350 g/mol. The van der Waals surface area contributed by atoms with Crippen LogP contribution < -0.4 is 4.90 Å². The number of alkyl halides is 7. The van der Waals surface area contributed by atoms with Crippen molar-refractivity contribution >= 4 is 21.7 Å². The quantitative estimate of drug-likeness (QED) is 0.605. The van der Waals surface area contributed by atoms with Crippen molar-refractivity contribution in [1.82, 2.24) is 4.98 Å². The van der Waals surface area contributed by atoms with E-state index in [4.69, 9.17) is 0 Å². The normalized spacial score (nSPS) is 12.6. The van der Waals surface area contributed by atoms with E-state index in [1.54, 1.807) is 0 Å². The van der Waals surface area contributed by atoms with Gasteiger partial charge in [-0.15, -0.1) is 0 Å². The van der Waals surface area contributed by atoms with Crippen LogP contribution in [0.3, 0.4) is 0 Å². The number of nitrogens with zero attached hydrogens (tertiary/aromatic N) is 2. The van der Waals surface area contributed by atoms with Crippen molar-refractivity contribution < 1.29 is 26.3 Å². The number of anilines is 1. The van der Waals surface area contributed by atoms with Gasteiger partial charge in [-0.25, -0.2) is 4.98 Å². The zero-order chi connectivity index (χ0) is 14.7. The molecular formula is C10H9BrF6N2. The number of hydrogen-bond acceptors (Lipinski definition) is 2. The SMILES string of the molecule is FC(F)(F)CN(CCBr)c1ccc(C(F)(F)F)cn1. The molecule has 9 heteroatoms. The minimum Gasteiger partial charge on any atom is -0.347 e. The van der Waals surface area contributed by atoms with Crippen molar-refractivity contribution in [3.63, 3.8) is 0 Å². The molecule has 108 valence electrons. The summed E-state index contributed by atoms with van der Waals surface area (Å²) in [6.45, 7) is -1.28. The van der Waals surface area contributed by atoms with Crippen molar-refractivity contribution in [3.05, 3.63) is 23.9 Å². The molecule has 0 unspecified atom stereocenters. The Hall–Kier alpha value is -0.990. The third kappa shape index (κ3) is 5.25. The molecule has 0 aromatic carbocycles. The van der Waals surface area contributed by atoms with Gasteiger partial charge >= 0.3 is 12.4 Å². The zero-order valence-electron chi connectivity index (χ0n) is 9.39. The fraction of sp³-hybridized carbons (Fsp3) is 0.500. The van der Waals surface area contributed by atoms with Gasteiger partial charge in [-0.2, -0.15) is 26.3 Å². The van der Waals surface area contributed by atoms with E-state index in [1.807, 2.05) is 0 Å². The second kappa shape index (κ2) is 5.98. The number of hydrogen-bond donors (Lipinski definition) is 0. The summed E-state index contributed by atoms with van der Waals surface area (Å²) < 4.78 is 73.9. The van der Waals surface area contributed by atoms with E-state index in [0.717, 1.165) is 11.0 Å². The highest BCUT2D eigenvalue weighted by atomic mass is 79.9. The Morgan fingerprint density at radius 1 is 1.11 bits per heavy atom. The van der Waals surface area contributed by atoms with E-state index in [0.29, 0.717) is 12.3 Å². The molecule has 2 nitrogen and oxygen atoms in total. The third-order valence-electron chi connectivity index (χ3n) is 2.12. The molecule has 0 saturated carbocycles. The van der Waals surface area contributed by atoms with Crippen LogP contribution in [0.1, 0.15) is 5.56 Å². The van der Waals surface area contributed by atoms with Gasteiger partial charge in [-0.3, -0.25) is 0 Å². The highest BCUT2D eigenvalue weighted by Gasteiger charge is 2.33. The maximum atomic E-state index is 12.3. The lowest BCUT2D eigenvalue weighted by atomic mass is 10.2. The topological polar surface area (TPSA) is 16.1 Å². The number of pyridine rings is 1. The first kappa shape index (κ1) is 16.1. The summed E-state index contributed by atoms with van der Waals surface area (Å²) in [5, 5.41) is 0.242. The van der Waals surface area contributed by atoms with Gasteiger partial charge in [0.05, 0.1) is 5.56 Å². The van der Waals surface area contributed by atoms with Crippen LogP contribution in [0.25, 0.3) is 0 Å². The fourth-order valence-electron chi connectivity index (χ4n) is 1.33. The first-order chi connectivity index (χ1) is 8.63. The standard InChI is InChI=1S/C10H9BrF6N2/c11-3-4-19(6-9(12,13)14)8-2-1-7(5-18-8)10(15,16)17/h1-2,5H,3-4,6H2. The summed E-state index contributed by atoms with van der Waals surface area (Å²) in [6, 6.07) is 1.64. The van der Waals surface area contributed by atoms with Crippen LogP contribution in [0.2, 0.25) is 0 Å². The first-order valence-electron chi connectivity index (χ1n) is 5.04. The molecule has 0 aliphatic carbocycles. The highest BCUT2D eigenvalue weighted by molar-refractivity contribution is 9.09. The smallest absolute Gasteiger partial charge is 0.347 e. The van der Waals surface area contributed by atoms with Crippen LogP contribution in [-0.2, 0) is 6.18 Å². The van der Waals surface area contributed by atoms with Gasteiger partial charge in [0.1, 0.15) is 12.4 Å². The second-order valence-corrected chi connectivity index (χ2v) is 4.42. The van der Waals surface area contributed by atoms with Crippen LogP contribution in [0.5, 0.6) is 0 Å². The van der Waals surface area contributed by atoms with Crippen molar-refractivity contribution in [3.8, 4) is 0 Å². The van der Waals surface area contributed by atoms with Gasteiger partial charge in [0.2, 0.25) is 0 Å². The van der Waals surface area contributed by atoms with Crippen molar-refractivity contribution in [1.29, 1.82) is 0 Å². The van der Waals surface area contributed by atoms with E-state index >= 15 is 0 Å². The van der Waals surface area contributed by atoms with E-state index in [9.17, 15) is 26.3 Å². The maximum Gasteiger partial charge on any atom is 0.417 e. The Morgan fingerprint density at radius 3 is 2.11 bits per heavy atom. The minimum absolute atomic E-state index is 0.0160. The Bertz CT molecular complexity index is 400. The van der Waals surface area contributed by atoms with Gasteiger partial charge < -0.3 is 4.90 Å². The molecule has 0 spiro atoms. The van der Waals surface area contributed by atoms with Gasteiger partial charge in [-0.1, -0.05) is 15.9 Å². The zero-order valence-corrected chi connectivity index (χ0v) is 11.0. The Labute approximate surface area is 113 Å². The molecular weight excluding hydrogens is 342 g/mol. The maximum absolute atomic E-state index is 12.3. The molecule has 1 rings (SSSR count). The lowest BCUT2D eigenvalue weighted by molar-refractivity contribution is -0.137. The van der Waals surface area contributed by atoms with Crippen molar-refractivity contribution in [2.24, 2.45) is 0 Å². The summed E-state index contributed by atoms with van der Waals surface area (Å²) in [5.41, 5.74) is -0.998. The summed E-state index contributed by atoms with van der Waals surface area (Å²) >= 11 is 2.98. The molecule has 0 fully saturated rings. The first-order valence-corrected chi connectivity index (χ1v) is 6.16. The van der Waals surface area contributed by atoms with Gasteiger partial charge in [-0.05, 0) is 12.1 Å². The van der Waals surface area contributed by atoms with Crippen molar-refractivity contribution in [2.75, 3.05) is 23.3 Å². The molecule has 1 aromatic rings. The lowest BCUT2D eigenvalue weighted by Crippen LogP contribution is -2.36. The number of aromatic nitrogens is 1. The summed E-state index contributed by atoms with van der Waals surface area (Å²) in [7, 11) is 0.